The predicted octanol–water partition coefficient (Wildman–Crippen LogP) is 2.45. The van der Waals surface area contributed by atoms with Crippen molar-refractivity contribution in [3.8, 4) is 0 Å². The molecule has 0 aromatic carbocycles. The van der Waals surface area contributed by atoms with Crippen LogP contribution in [-0.4, -0.2) is 12.6 Å². The van der Waals surface area contributed by atoms with E-state index in [1.807, 2.05) is 11.3 Å². The van der Waals surface area contributed by atoms with Gasteiger partial charge < -0.3 is 11.1 Å². The minimum atomic E-state index is 0.532. The van der Waals surface area contributed by atoms with Crippen molar-refractivity contribution in [1.82, 2.24) is 5.32 Å². The summed E-state index contributed by atoms with van der Waals surface area (Å²) in [4.78, 5) is 3.13. The van der Waals surface area contributed by atoms with Gasteiger partial charge in [0.25, 0.3) is 0 Å². The van der Waals surface area contributed by atoms with Crippen LogP contribution in [0.25, 0.3) is 0 Å². The Kier molecular flexibility index (Phi) is 4.38. The second kappa shape index (κ2) is 5.80. The molecule has 0 saturated carbocycles. The fourth-order valence-corrected chi connectivity index (χ4v) is 3.48. The molecule has 0 aliphatic heterocycles. The van der Waals surface area contributed by atoms with Gasteiger partial charge in [-0.25, -0.2) is 0 Å². The maximum Gasteiger partial charge on any atom is 0.0302 e. The summed E-state index contributed by atoms with van der Waals surface area (Å²) in [6, 6.07) is 2.94. The average Bonchev–Trinajstić information content (AvgIpc) is 2.69. The number of thiophene rings is 1. The molecule has 1 aromatic rings. The van der Waals surface area contributed by atoms with Crippen LogP contribution >= 0.6 is 11.3 Å². The van der Waals surface area contributed by atoms with Crippen molar-refractivity contribution in [2.24, 2.45) is 5.73 Å². The van der Waals surface area contributed by atoms with Crippen LogP contribution in [0.2, 0.25) is 0 Å². The largest absolute Gasteiger partial charge is 0.330 e. The summed E-state index contributed by atoms with van der Waals surface area (Å²) >= 11 is 2.00. The number of nitrogens with two attached hydrogens (primary N) is 1. The van der Waals surface area contributed by atoms with Crippen molar-refractivity contribution < 1.29 is 0 Å². The van der Waals surface area contributed by atoms with Gasteiger partial charge in [0.05, 0.1) is 0 Å². The molecule has 16 heavy (non-hydrogen) atoms. The molecule has 3 N–H and O–H groups in total. The van der Waals surface area contributed by atoms with E-state index >= 15 is 0 Å². The molecule has 3 heteroatoms. The predicted molar refractivity (Wildman–Crippen MR) is 70.9 cm³/mol. The normalized spacial score (nSPS) is 17.1. The smallest absolute Gasteiger partial charge is 0.0302 e. The van der Waals surface area contributed by atoms with E-state index in [2.05, 4.69) is 18.3 Å². The van der Waals surface area contributed by atoms with Crippen molar-refractivity contribution in [3.05, 3.63) is 21.4 Å². The molecule has 1 atom stereocenters. The van der Waals surface area contributed by atoms with Crippen molar-refractivity contribution in [3.63, 3.8) is 0 Å². The molecule has 1 heterocycles. The minimum Gasteiger partial charge on any atom is -0.330 e. The third-order valence-corrected chi connectivity index (χ3v) is 4.51. The van der Waals surface area contributed by atoms with Gasteiger partial charge in [0, 0.05) is 22.3 Å². The van der Waals surface area contributed by atoms with E-state index < -0.39 is 0 Å². The molecule has 1 aliphatic rings. The van der Waals surface area contributed by atoms with Crippen LogP contribution in [0.3, 0.4) is 0 Å². The number of hydrogen-bond donors (Lipinski definition) is 2. The lowest BCUT2D eigenvalue weighted by Crippen LogP contribution is -2.27. The Bertz CT molecular complexity index is 309. The Labute approximate surface area is 102 Å². The summed E-state index contributed by atoms with van der Waals surface area (Å²) in [5.74, 6) is 0. The van der Waals surface area contributed by atoms with Gasteiger partial charge in [0.1, 0.15) is 0 Å². The highest BCUT2D eigenvalue weighted by Gasteiger charge is 2.13. The molecule has 2 rings (SSSR count). The van der Waals surface area contributed by atoms with Gasteiger partial charge in [0.2, 0.25) is 0 Å². The Balaban J connectivity index is 1.87. The lowest BCUT2D eigenvalue weighted by molar-refractivity contribution is 0.522. The fraction of sp³-hybridized carbons (Fsp3) is 0.692. The third-order valence-electron chi connectivity index (χ3n) is 3.27. The van der Waals surface area contributed by atoms with Crippen molar-refractivity contribution >= 4 is 11.3 Å². The lowest BCUT2D eigenvalue weighted by atomic mass is 9.99. The van der Waals surface area contributed by atoms with E-state index in [0.717, 1.165) is 19.5 Å². The van der Waals surface area contributed by atoms with E-state index in [1.54, 1.807) is 10.4 Å². The molecule has 0 spiro atoms. The summed E-state index contributed by atoms with van der Waals surface area (Å²) in [6.45, 7) is 3.99. The molecular formula is C13H22N2S. The number of aryl methyl sites for hydroxylation is 2. The van der Waals surface area contributed by atoms with Gasteiger partial charge in [-0.15, -0.1) is 11.3 Å². The summed E-state index contributed by atoms with van der Waals surface area (Å²) in [7, 11) is 0. The van der Waals surface area contributed by atoms with Crippen molar-refractivity contribution in [1.29, 1.82) is 0 Å². The lowest BCUT2D eigenvalue weighted by Gasteiger charge is -2.10. The maximum atomic E-state index is 5.54. The van der Waals surface area contributed by atoms with E-state index in [4.69, 9.17) is 5.73 Å². The van der Waals surface area contributed by atoms with E-state index in [0.29, 0.717) is 6.04 Å². The van der Waals surface area contributed by atoms with Gasteiger partial charge in [-0.1, -0.05) is 0 Å². The number of rotatable bonds is 5. The molecule has 0 amide bonds. The topological polar surface area (TPSA) is 38.0 Å². The Hall–Kier alpha value is -0.380. The van der Waals surface area contributed by atoms with Gasteiger partial charge in [-0.3, -0.25) is 0 Å². The monoisotopic (exact) mass is 238 g/mol. The first kappa shape index (κ1) is 12.1. The van der Waals surface area contributed by atoms with E-state index in [9.17, 15) is 0 Å². The molecular weight excluding hydrogens is 216 g/mol. The van der Waals surface area contributed by atoms with Gasteiger partial charge >= 0.3 is 0 Å². The highest BCUT2D eigenvalue weighted by molar-refractivity contribution is 7.12. The zero-order chi connectivity index (χ0) is 11.4. The first-order valence-corrected chi connectivity index (χ1v) is 7.15. The Morgan fingerprint density at radius 2 is 2.25 bits per heavy atom. The highest BCUT2D eigenvalue weighted by atomic mass is 32.1. The molecule has 0 bridgehead atoms. The van der Waals surface area contributed by atoms with Crippen molar-refractivity contribution in [2.75, 3.05) is 6.54 Å². The molecule has 0 saturated heterocycles. The van der Waals surface area contributed by atoms with E-state index in [1.165, 1.54) is 30.6 Å². The van der Waals surface area contributed by atoms with Gasteiger partial charge in [-0.05, 0) is 57.2 Å². The molecule has 0 radical (unpaired) electrons. The zero-order valence-electron chi connectivity index (χ0n) is 10.1. The Morgan fingerprint density at radius 3 is 3.00 bits per heavy atom. The molecule has 90 valence electrons. The van der Waals surface area contributed by atoms with Crippen LogP contribution in [0.5, 0.6) is 0 Å². The fourth-order valence-electron chi connectivity index (χ4n) is 2.27. The maximum absolute atomic E-state index is 5.54. The van der Waals surface area contributed by atoms with Crippen LogP contribution < -0.4 is 11.1 Å². The van der Waals surface area contributed by atoms with E-state index in [-0.39, 0.29) is 0 Å². The molecule has 2 nitrogen and oxygen atoms in total. The zero-order valence-corrected chi connectivity index (χ0v) is 10.9. The minimum absolute atomic E-state index is 0.532. The highest BCUT2D eigenvalue weighted by Crippen LogP contribution is 2.29. The SMILES string of the molecule is CC(CCN)NCc1cc2c(s1)CCCC2. The second-order valence-corrected chi connectivity index (χ2v) is 5.95. The molecule has 1 unspecified atom stereocenters. The number of hydrogen-bond acceptors (Lipinski definition) is 3. The van der Waals surface area contributed by atoms with Crippen LogP contribution in [0, 0.1) is 0 Å². The van der Waals surface area contributed by atoms with Crippen LogP contribution in [0.15, 0.2) is 6.07 Å². The molecule has 1 aromatic heterocycles. The molecule has 0 fully saturated rings. The summed E-state index contributed by atoms with van der Waals surface area (Å²) in [5, 5.41) is 3.54. The number of nitrogens with one attached hydrogen (secondary N) is 1. The summed E-state index contributed by atoms with van der Waals surface area (Å²) in [5.41, 5.74) is 7.15. The summed E-state index contributed by atoms with van der Waals surface area (Å²) < 4.78 is 0. The van der Waals surface area contributed by atoms with Gasteiger partial charge in [-0.2, -0.15) is 0 Å². The quantitative estimate of drug-likeness (QED) is 0.827. The van der Waals surface area contributed by atoms with Crippen LogP contribution in [0.1, 0.15) is 41.5 Å². The van der Waals surface area contributed by atoms with Crippen LogP contribution in [-0.2, 0) is 19.4 Å². The van der Waals surface area contributed by atoms with Crippen LogP contribution in [0.4, 0.5) is 0 Å². The Morgan fingerprint density at radius 1 is 1.44 bits per heavy atom. The van der Waals surface area contributed by atoms with Gasteiger partial charge in [0.15, 0.2) is 0 Å². The molecule has 1 aliphatic carbocycles. The van der Waals surface area contributed by atoms with Crippen molar-refractivity contribution in [2.45, 2.75) is 51.6 Å². The second-order valence-electron chi connectivity index (χ2n) is 4.73. The number of fused-ring (bicyclic) bond motifs is 1. The first-order valence-electron chi connectivity index (χ1n) is 6.33. The standard InChI is InChI=1S/C13H22N2S/c1-10(6-7-14)15-9-12-8-11-4-2-3-5-13(11)16-12/h8,10,15H,2-7,9,14H2,1H3. The first-order chi connectivity index (χ1) is 7.79. The average molecular weight is 238 g/mol. The summed E-state index contributed by atoms with van der Waals surface area (Å²) in [6.07, 6.45) is 6.41. The third kappa shape index (κ3) is 3.06.